The molecule has 1 unspecified atom stereocenters. The summed E-state index contributed by atoms with van der Waals surface area (Å²) in [6.07, 6.45) is 4.63. The Hall–Kier alpha value is -1.78. The Morgan fingerprint density at radius 3 is 2.71 bits per heavy atom. The number of rotatable bonds is 7. The third-order valence-electron chi connectivity index (χ3n) is 4.27. The van der Waals surface area contributed by atoms with Crippen LogP contribution in [0.4, 0.5) is 0 Å². The molecule has 3 rings (SSSR count). The lowest BCUT2D eigenvalue weighted by Gasteiger charge is -2.35. The Balaban J connectivity index is 1.40. The van der Waals surface area contributed by atoms with Crippen molar-refractivity contribution in [1.82, 2.24) is 9.80 Å². The summed E-state index contributed by atoms with van der Waals surface area (Å²) in [5.41, 5.74) is 1.23. The van der Waals surface area contributed by atoms with Gasteiger partial charge < -0.3 is 19.3 Å². The minimum absolute atomic E-state index is 0.250. The van der Waals surface area contributed by atoms with Crippen LogP contribution in [0.1, 0.15) is 5.56 Å². The zero-order chi connectivity index (χ0) is 16.8. The zero-order valence-corrected chi connectivity index (χ0v) is 13.8. The van der Waals surface area contributed by atoms with Crippen LogP contribution in [0.3, 0.4) is 0 Å². The van der Waals surface area contributed by atoms with Crippen molar-refractivity contribution >= 4 is 0 Å². The first-order chi connectivity index (χ1) is 11.7. The molecule has 2 heterocycles. The fraction of sp³-hybridized carbons (Fsp3) is 0.556. The molecule has 0 bridgehead atoms. The van der Waals surface area contributed by atoms with E-state index in [0.717, 1.165) is 44.2 Å². The predicted octanol–water partition coefficient (Wildman–Crippen LogP) is 0.544. The molecule has 1 aromatic carbocycles. The van der Waals surface area contributed by atoms with Gasteiger partial charge in [0.15, 0.2) is 11.5 Å². The number of β-amino-alcohol motifs (C(OH)–C–C–N with tert-alkyl or cyclic N) is 1. The molecule has 1 atom stereocenters. The number of aliphatic hydroxyl groups excluding tert-OH is 1. The maximum atomic E-state index is 9.94. The molecule has 0 aromatic heterocycles. The number of hydrogen-bond acceptors (Lipinski definition) is 6. The van der Waals surface area contributed by atoms with Crippen molar-refractivity contribution in [3.05, 3.63) is 23.8 Å². The van der Waals surface area contributed by atoms with Crippen LogP contribution >= 0.6 is 0 Å². The minimum atomic E-state index is -0.487. The molecular weight excluding hydrogens is 308 g/mol. The topological polar surface area (TPSA) is 54.4 Å². The van der Waals surface area contributed by atoms with Crippen molar-refractivity contribution < 1.29 is 19.3 Å². The van der Waals surface area contributed by atoms with Crippen LogP contribution in [0.5, 0.6) is 11.5 Å². The fourth-order valence-corrected chi connectivity index (χ4v) is 3.03. The summed E-state index contributed by atoms with van der Waals surface area (Å²) in [5, 5.41) is 9.94. The largest absolute Gasteiger partial charge is 0.454 e. The smallest absolute Gasteiger partial charge is 0.231 e. The Labute approximate surface area is 142 Å². The summed E-state index contributed by atoms with van der Waals surface area (Å²) < 4.78 is 15.9. The molecule has 6 nitrogen and oxygen atoms in total. The number of aliphatic hydroxyl groups is 1. The summed E-state index contributed by atoms with van der Waals surface area (Å²) in [5.74, 6) is 4.06. The van der Waals surface area contributed by atoms with Gasteiger partial charge in [-0.2, -0.15) is 0 Å². The molecule has 0 aliphatic carbocycles. The maximum absolute atomic E-state index is 9.94. The lowest BCUT2D eigenvalue weighted by atomic mass is 10.1. The highest BCUT2D eigenvalue weighted by Crippen LogP contribution is 2.32. The van der Waals surface area contributed by atoms with E-state index in [1.165, 1.54) is 5.56 Å². The average molecular weight is 332 g/mol. The van der Waals surface area contributed by atoms with E-state index in [-0.39, 0.29) is 6.61 Å². The Morgan fingerprint density at radius 1 is 1.17 bits per heavy atom. The predicted molar refractivity (Wildman–Crippen MR) is 89.9 cm³/mol. The molecule has 1 fully saturated rings. The van der Waals surface area contributed by atoms with Gasteiger partial charge in [-0.3, -0.25) is 9.80 Å². The third kappa shape index (κ3) is 4.62. The molecule has 0 amide bonds. The van der Waals surface area contributed by atoms with Gasteiger partial charge in [0.1, 0.15) is 6.61 Å². The van der Waals surface area contributed by atoms with Gasteiger partial charge in [-0.05, 0) is 17.7 Å². The number of benzene rings is 1. The second kappa shape index (κ2) is 8.36. The van der Waals surface area contributed by atoms with Gasteiger partial charge >= 0.3 is 0 Å². The number of piperazine rings is 1. The molecule has 1 saturated heterocycles. The van der Waals surface area contributed by atoms with Gasteiger partial charge in [0.05, 0.1) is 12.7 Å². The molecule has 1 aromatic rings. The fourth-order valence-electron chi connectivity index (χ4n) is 3.03. The Kier molecular flexibility index (Phi) is 5.94. The molecule has 2 aliphatic rings. The van der Waals surface area contributed by atoms with E-state index in [2.05, 4.69) is 27.9 Å². The van der Waals surface area contributed by atoms with Crippen LogP contribution < -0.4 is 9.47 Å². The van der Waals surface area contributed by atoms with E-state index in [4.69, 9.17) is 20.6 Å². The summed E-state index contributed by atoms with van der Waals surface area (Å²) in [6, 6.07) is 6.12. The van der Waals surface area contributed by atoms with Gasteiger partial charge in [0, 0.05) is 39.3 Å². The second-order valence-corrected chi connectivity index (χ2v) is 6.14. The molecule has 2 aliphatic heterocycles. The highest BCUT2D eigenvalue weighted by molar-refractivity contribution is 5.44. The number of terminal acetylenes is 1. The lowest BCUT2D eigenvalue weighted by molar-refractivity contribution is 0.0154. The molecule has 1 N–H and O–H groups in total. The zero-order valence-electron chi connectivity index (χ0n) is 13.8. The second-order valence-electron chi connectivity index (χ2n) is 6.14. The van der Waals surface area contributed by atoms with Gasteiger partial charge in [-0.25, -0.2) is 0 Å². The number of fused-ring (bicyclic) bond motifs is 1. The minimum Gasteiger partial charge on any atom is -0.454 e. The first-order valence-corrected chi connectivity index (χ1v) is 8.27. The number of hydrogen-bond donors (Lipinski definition) is 1. The SMILES string of the molecule is C#CCOCC(O)CN1CCN(Cc2ccc3c(c2)OCO3)CC1. The van der Waals surface area contributed by atoms with Gasteiger partial charge in [-0.1, -0.05) is 12.0 Å². The Morgan fingerprint density at radius 2 is 1.92 bits per heavy atom. The van der Waals surface area contributed by atoms with E-state index < -0.39 is 6.10 Å². The van der Waals surface area contributed by atoms with Crippen molar-refractivity contribution in [2.75, 3.05) is 52.7 Å². The quantitative estimate of drug-likeness (QED) is 0.581. The Bertz CT molecular complexity index is 579. The van der Waals surface area contributed by atoms with Gasteiger partial charge in [0.25, 0.3) is 0 Å². The highest BCUT2D eigenvalue weighted by atomic mass is 16.7. The van der Waals surface area contributed by atoms with E-state index in [9.17, 15) is 5.11 Å². The van der Waals surface area contributed by atoms with Crippen LogP contribution in [-0.2, 0) is 11.3 Å². The van der Waals surface area contributed by atoms with Crippen LogP contribution in [0.25, 0.3) is 0 Å². The van der Waals surface area contributed by atoms with Crippen molar-refractivity contribution in [2.24, 2.45) is 0 Å². The van der Waals surface area contributed by atoms with Crippen molar-refractivity contribution in [3.8, 4) is 23.8 Å². The third-order valence-corrected chi connectivity index (χ3v) is 4.27. The highest BCUT2D eigenvalue weighted by Gasteiger charge is 2.20. The summed E-state index contributed by atoms with van der Waals surface area (Å²) in [4.78, 5) is 4.68. The monoisotopic (exact) mass is 332 g/mol. The summed E-state index contributed by atoms with van der Waals surface area (Å²) in [6.45, 7) is 6.22. The normalized spacial score (nSPS) is 19.2. The van der Waals surface area contributed by atoms with Crippen molar-refractivity contribution in [1.29, 1.82) is 0 Å². The molecule has 6 heteroatoms. The lowest BCUT2D eigenvalue weighted by Crippen LogP contribution is -2.48. The summed E-state index contributed by atoms with van der Waals surface area (Å²) in [7, 11) is 0. The van der Waals surface area contributed by atoms with Gasteiger partial charge in [-0.15, -0.1) is 6.42 Å². The van der Waals surface area contributed by atoms with Crippen LogP contribution in [0.2, 0.25) is 0 Å². The standard InChI is InChI=1S/C18H24N2O4/c1-2-9-22-13-16(21)12-20-7-5-19(6-8-20)11-15-3-4-17-18(10-15)24-14-23-17/h1,3-4,10,16,21H,5-9,11-14H2. The molecule has 0 spiro atoms. The average Bonchev–Trinajstić information content (AvgIpc) is 3.05. The van der Waals surface area contributed by atoms with Crippen LogP contribution in [-0.4, -0.2) is 73.7 Å². The molecule has 0 saturated carbocycles. The van der Waals surface area contributed by atoms with Crippen molar-refractivity contribution in [2.45, 2.75) is 12.6 Å². The first kappa shape index (κ1) is 17.1. The number of nitrogens with zero attached hydrogens (tertiary/aromatic N) is 2. The van der Waals surface area contributed by atoms with E-state index in [0.29, 0.717) is 19.9 Å². The molecule has 24 heavy (non-hydrogen) atoms. The molecule has 0 radical (unpaired) electrons. The summed E-state index contributed by atoms with van der Waals surface area (Å²) >= 11 is 0. The first-order valence-electron chi connectivity index (χ1n) is 8.27. The maximum Gasteiger partial charge on any atom is 0.231 e. The van der Waals surface area contributed by atoms with Crippen LogP contribution in [0.15, 0.2) is 18.2 Å². The van der Waals surface area contributed by atoms with Gasteiger partial charge in [0.2, 0.25) is 6.79 Å². The van der Waals surface area contributed by atoms with E-state index in [1.807, 2.05) is 6.07 Å². The number of ether oxygens (including phenoxy) is 3. The molecular formula is C18H24N2O4. The van der Waals surface area contributed by atoms with E-state index in [1.54, 1.807) is 0 Å². The van der Waals surface area contributed by atoms with Crippen LogP contribution in [0, 0.1) is 12.3 Å². The molecule has 130 valence electrons. The van der Waals surface area contributed by atoms with Crippen molar-refractivity contribution in [3.63, 3.8) is 0 Å². The van der Waals surface area contributed by atoms with E-state index >= 15 is 0 Å².